The SMILES string of the molecule is Cc1ccc(Cl)cc1NC(=O)C(C)SCCOc1ccccc1C. The molecule has 0 aliphatic carbocycles. The standard InChI is InChI=1S/C19H22ClNO2S/c1-13-8-9-16(20)12-17(13)21-19(22)15(3)24-11-10-23-18-7-5-4-6-14(18)2/h4-9,12,15H,10-11H2,1-3H3,(H,21,22). The molecule has 0 spiro atoms. The second kappa shape index (κ2) is 9.00. The molecule has 1 unspecified atom stereocenters. The first kappa shape index (κ1) is 18.7. The third-order valence-electron chi connectivity index (χ3n) is 3.63. The minimum Gasteiger partial charge on any atom is -0.492 e. The molecule has 1 amide bonds. The lowest BCUT2D eigenvalue weighted by Gasteiger charge is -2.14. The van der Waals surface area contributed by atoms with E-state index in [-0.39, 0.29) is 11.2 Å². The first-order valence-electron chi connectivity index (χ1n) is 7.84. The van der Waals surface area contributed by atoms with E-state index in [0.717, 1.165) is 28.3 Å². The van der Waals surface area contributed by atoms with E-state index in [1.807, 2.05) is 57.2 Å². The fraction of sp³-hybridized carbons (Fsp3) is 0.316. The number of para-hydroxylation sites is 1. The number of ether oxygens (including phenoxy) is 1. The van der Waals surface area contributed by atoms with Crippen LogP contribution in [0.4, 0.5) is 5.69 Å². The quantitative estimate of drug-likeness (QED) is 0.696. The number of rotatable bonds is 7. The van der Waals surface area contributed by atoms with Gasteiger partial charge >= 0.3 is 0 Å². The van der Waals surface area contributed by atoms with Crippen molar-refractivity contribution < 1.29 is 9.53 Å². The average Bonchev–Trinajstić information content (AvgIpc) is 2.56. The molecule has 128 valence electrons. The molecule has 0 heterocycles. The first-order chi connectivity index (χ1) is 11.5. The number of amides is 1. The van der Waals surface area contributed by atoms with Gasteiger partial charge < -0.3 is 10.1 Å². The van der Waals surface area contributed by atoms with E-state index in [1.54, 1.807) is 17.8 Å². The van der Waals surface area contributed by atoms with Gasteiger partial charge in [0.2, 0.25) is 5.91 Å². The summed E-state index contributed by atoms with van der Waals surface area (Å²) in [7, 11) is 0. The molecule has 2 rings (SSSR count). The largest absolute Gasteiger partial charge is 0.492 e. The summed E-state index contributed by atoms with van der Waals surface area (Å²) in [6.07, 6.45) is 0. The number of halogens is 1. The third kappa shape index (κ3) is 5.46. The molecule has 0 aromatic heterocycles. The number of aryl methyl sites for hydroxylation is 2. The molecule has 0 saturated heterocycles. The third-order valence-corrected chi connectivity index (χ3v) is 4.98. The molecule has 0 radical (unpaired) electrons. The second-order valence-corrected chi connectivity index (χ2v) is 7.46. The summed E-state index contributed by atoms with van der Waals surface area (Å²) in [4.78, 5) is 12.3. The van der Waals surface area contributed by atoms with Crippen molar-refractivity contribution in [2.24, 2.45) is 0 Å². The zero-order valence-electron chi connectivity index (χ0n) is 14.1. The van der Waals surface area contributed by atoms with E-state index in [2.05, 4.69) is 5.32 Å². The molecule has 0 fully saturated rings. The normalized spacial score (nSPS) is 11.8. The summed E-state index contributed by atoms with van der Waals surface area (Å²) in [5.74, 6) is 1.61. The van der Waals surface area contributed by atoms with Crippen molar-refractivity contribution >= 4 is 35.0 Å². The Morgan fingerprint density at radius 2 is 1.96 bits per heavy atom. The van der Waals surface area contributed by atoms with Gasteiger partial charge in [0, 0.05) is 16.5 Å². The Labute approximate surface area is 152 Å². The van der Waals surface area contributed by atoms with Crippen LogP contribution in [0.1, 0.15) is 18.1 Å². The highest BCUT2D eigenvalue weighted by atomic mass is 35.5. The molecule has 2 aromatic carbocycles. The maximum Gasteiger partial charge on any atom is 0.237 e. The van der Waals surface area contributed by atoms with E-state index in [4.69, 9.17) is 16.3 Å². The van der Waals surface area contributed by atoms with Crippen LogP contribution in [0.2, 0.25) is 5.02 Å². The van der Waals surface area contributed by atoms with E-state index < -0.39 is 0 Å². The Bertz CT molecular complexity index is 706. The van der Waals surface area contributed by atoms with Crippen molar-refractivity contribution in [2.45, 2.75) is 26.0 Å². The molecule has 0 aliphatic rings. The van der Waals surface area contributed by atoms with Crippen molar-refractivity contribution in [3.05, 3.63) is 58.6 Å². The molecule has 24 heavy (non-hydrogen) atoms. The number of anilines is 1. The summed E-state index contributed by atoms with van der Waals surface area (Å²) in [6.45, 7) is 6.43. The predicted octanol–water partition coefficient (Wildman–Crippen LogP) is 5.10. The van der Waals surface area contributed by atoms with Crippen LogP contribution in [0.15, 0.2) is 42.5 Å². The predicted molar refractivity (Wildman–Crippen MR) is 103 cm³/mol. The van der Waals surface area contributed by atoms with Crippen LogP contribution in [-0.4, -0.2) is 23.5 Å². The molecule has 1 atom stereocenters. The Balaban J connectivity index is 1.77. The topological polar surface area (TPSA) is 38.3 Å². The number of carbonyl (C=O) groups is 1. The Morgan fingerprint density at radius 1 is 1.21 bits per heavy atom. The van der Waals surface area contributed by atoms with Gasteiger partial charge in [0.25, 0.3) is 0 Å². The first-order valence-corrected chi connectivity index (χ1v) is 9.27. The van der Waals surface area contributed by atoms with Crippen molar-refractivity contribution in [1.29, 1.82) is 0 Å². The van der Waals surface area contributed by atoms with Gasteiger partial charge in [-0.05, 0) is 50.1 Å². The Hall–Kier alpha value is -1.65. The van der Waals surface area contributed by atoms with Crippen LogP contribution in [0.3, 0.4) is 0 Å². The summed E-state index contributed by atoms with van der Waals surface area (Å²) in [5, 5.41) is 3.38. The van der Waals surface area contributed by atoms with Gasteiger partial charge in [0.15, 0.2) is 0 Å². The van der Waals surface area contributed by atoms with Crippen molar-refractivity contribution in [3.63, 3.8) is 0 Å². The lowest BCUT2D eigenvalue weighted by atomic mass is 10.2. The zero-order chi connectivity index (χ0) is 17.5. The van der Waals surface area contributed by atoms with Crippen LogP contribution in [0, 0.1) is 13.8 Å². The maximum absolute atomic E-state index is 12.3. The number of hydrogen-bond acceptors (Lipinski definition) is 3. The smallest absolute Gasteiger partial charge is 0.237 e. The summed E-state index contributed by atoms with van der Waals surface area (Å²) in [6, 6.07) is 13.4. The number of benzene rings is 2. The number of nitrogens with one attached hydrogen (secondary N) is 1. The fourth-order valence-electron chi connectivity index (χ4n) is 2.13. The highest BCUT2D eigenvalue weighted by Gasteiger charge is 2.14. The van der Waals surface area contributed by atoms with Crippen LogP contribution in [0.5, 0.6) is 5.75 Å². The van der Waals surface area contributed by atoms with Crippen molar-refractivity contribution in [3.8, 4) is 5.75 Å². The molecule has 0 bridgehead atoms. The fourth-order valence-corrected chi connectivity index (χ4v) is 3.05. The van der Waals surface area contributed by atoms with Crippen molar-refractivity contribution in [1.82, 2.24) is 0 Å². The molecule has 3 nitrogen and oxygen atoms in total. The van der Waals surface area contributed by atoms with Gasteiger partial charge in [-0.2, -0.15) is 0 Å². The van der Waals surface area contributed by atoms with Crippen molar-refractivity contribution in [2.75, 3.05) is 17.7 Å². The number of hydrogen-bond donors (Lipinski definition) is 1. The molecule has 5 heteroatoms. The van der Waals surface area contributed by atoms with Crippen LogP contribution in [-0.2, 0) is 4.79 Å². The Morgan fingerprint density at radius 3 is 2.71 bits per heavy atom. The average molecular weight is 364 g/mol. The molecule has 2 aromatic rings. The highest BCUT2D eigenvalue weighted by Crippen LogP contribution is 2.22. The zero-order valence-corrected chi connectivity index (χ0v) is 15.7. The summed E-state index contributed by atoms with van der Waals surface area (Å²) >= 11 is 7.55. The molecule has 0 saturated carbocycles. The lowest BCUT2D eigenvalue weighted by Crippen LogP contribution is -2.23. The number of thioether (sulfide) groups is 1. The lowest BCUT2D eigenvalue weighted by molar-refractivity contribution is -0.115. The van der Waals surface area contributed by atoms with Gasteiger partial charge in [-0.1, -0.05) is 35.9 Å². The highest BCUT2D eigenvalue weighted by molar-refractivity contribution is 8.00. The van der Waals surface area contributed by atoms with Gasteiger partial charge in [-0.3, -0.25) is 4.79 Å². The molecule has 1 N–H and O–H groups in total. The van der Waals surface area contributed by atoms with E-state index in [1.165, 1.54) is 0 Å². The van der Waals surface area contributed by atoms with Gasteiger partial charge in [-0.25, -0.2) is 0 Å². The Kier molecular flexibility index (Phi) is 7.00. The number of carbonyl (C=O) groups excluding carboxylic acids is 1. The van der Waals surface area contributed by atoms with E-state index >= 15 is 0 Å². The van der Waals surface area contributed by atoms with Crippen LogP contribution >= 0.6 is 23.4 Å². The van der Waals surface area contributed by atoms with Crippen LogP contribution < -0.4 is 10.1 Å². The maximum atomic E-state index is 12.3. The van der Waals surface area contributed by atoms with Crippen LogP contribution in [0.25, 0.3) is 0 Å². The van der Waals surface area contributed by atoms with E-state index in [0.29, 0.717) is 11.6 Å². The monoisotopic (exact) mass is 363 g/mol. The molecular weight excluding hydrogens is 342 g/mol. The minimum atomic E-state index is -0.163. The van der Waals surface area contributed by atoms with Gasteiger partial charge in [-0.15, -0.1) is 11.8 Å². The molecular formula is C19H22ClNO2S. The molecule has 0 aliphatic heterocycles. The second-order valence-electron chi connectivity index (χ2n) is 5.58. The summed E-state index contributed by atoms with van der Waals surface area (Å²) < 4.78 is 5.75. The minimum absolute atomic E-state index is 0.0266. The summed E-state index contributed by atoms with van der Waals surface area (Å²) in [5.41, 5.74) is 2.87. The van der Waals surface area contributed by atoms with Gasteiger partial charge in [0.05, 0.1) is 11.9 Å². The van der Waals surface area contributed by atoms with E-state index in [9.17, 15) is 4.79 Å². The van der Waals surface area contributed by atoms with Gasteiger partial charge in [0.1, 0.15) is 5.75 Å².